The first-order valence-electron chi connectivity index (χ1n) is 7.40. The minimum absolute atomic E-state index is 0.176. The SMILES string of the molecule is CC(C)(O)CN1CCN(C(=O)C2CCCNC2)CC1. The summed E-state index contributed by atoms with van der Waals surface area (Å²) in [6.45, 7) is 9.56. The molecule has 2 saturated heterocycles. The zero-order valence-corrected chi connectivity index (χ0v) is 12.2. The van der Waals surface area contributed by atoms with Gasteiger partial charge < -0.3 is 15.3 Å². The van der Waals surface area contributed by atoms with Crippen LogP contribution in [0.2, 0.25) is 0 Å². The smallest absolute Gasteiger partial charge is 0.227 e. The molecule has 2 rings (SSSR count). The summed E-state index contributed by atoms with van der Waals surface area (Å²) in [5, 5.41) is 13.1. The predicted octanol–water partition coefficient (Wildman–Crippen LogP) is -0.0989. The van der Waals surface area contributed by atoms with Crippen LogP contribution in [-0.4, -0.2) is 72.2 Å². The van der Waals surface area contributed by atoms with Crippen LogP contribution in [0.3, 0.4) is 0 Å². The third-order valence-electron chi connectivity index (χ3n) is 3.94. The molecule has 0 aliphatic carbocycles. The van der Waals surface area contributed by atoms with Crippen molar-refractivity contribution in [2.75, 3.05) is 45.8 Å². The Balaban J connectivity index is 1.77. The lowest BCUT2D eigenvalue weighted by Gasteiger charge is -2.39. The number of amides is 1. The Bertz CT molecular complexity index is 300. The molecule has 0 aromatic carbocycles. The number of carbonyl (C=O) groups excluding carboxylic acids is 1. The van der Waals surface area contributed by atoms with E-state index in [9.17, 15) is 9.90 Å². The Morgan fingerprint density at radius 3 is 2.53 bits per heavy atom. The van der Waals surface area contributed by atoms with Crippen molar-refractivity contribution in [2.24, 2.45) is 5.92 Å². The minimum Gasteiger partial charge on any atom is -0.389 e. The van der Waals surface area contributed by atoms with E-state index in [0.717, 1.165) is 52.1 Å². The molecule has 0 radical (unpaired) electrons. The van der Waals surface area contributed by atoms with Gasteiger partial charge in [-0.1, -0.05) is 0 Å². The Kier molecular flexibility index (Phi) is 4.81. The van der Waals surface area contributed by atoms with Crippen LogP contribution in [0.25, 0.3) is 0 Å². The Hall–Kier alpha value is -0.650. The highest BCUT2D eigenvalue weighted by molar-refractivity contribution is 5.79. The topological polar surface area (TPSA) is 55.8 Å². The van der Waals surface area contributed by atoms with Crippen molar-refractivity contribution in [2.45, 2.75) is 32.3 Å². The maximum Gasteiger partial charge on any atom is 0.227 e. The van der Waals surface area contributed by atoms with Gasteiger partial charge in [0.05, 0.1) is 11.5 Å². The Morgan fingerprint density at radius 2 is 2.00 bits per heavy atom. The number of piperazine rings is 1. The molecule has 5 nitrogen and oxygen atoms in total. The summed E-state index contributed by atoms with van der Waals surface area (Å²) in [5.74, 6) is 0.490. The number of rotatable bonds is 3. The third kappa shape index (κ3) is 4.44. The third-order valence-corrected chi connectivity index (χ3v) is 3.94. The highest BCUT2D eigenvalue weighted by Crippen LogP contribution is 2.16. The van der Waals surface area contributed by atoms with Crippen LogP contribution in [0.1, 0.15) is 26.7 Å². The Labute approximate surface area is 115 Å². The summed E-state index contributed by atoms with van der Waals surface area (Å²) in [6.07, 6.45) is 2.13. The zero-order valence-electron chi connectivity index (χ0n) is 12.2. The molecule has 2 aliphatic heterocycles. The number of hydrogen-bond acceptors (Lipinski definition) is 4. The van der Waals surface area contributed by atoms with E-state index in [1.807, 2.05) is 18.7 Å². The molecule has 0 spiro atoms. The lowest BCUT2D eigenvalue weighted by atomic mass is 9.98. The molecule has 0 aromatic heterocycles. The van der Waals surface area contributed by atoms with Gasteiger partial charge in [0.1, 0.15) is 0 Å². The van der Waals surface area contributed by atoms with E-state index in [-0.39, 0.29) is 5.92 Å². The molecule has 2 aliphatic rings. The van der Waals surface area contributed by atoms with Crippen molar-refractivity contribution in [1.29, 1.82) is 0 Å². The summed E-state index contributed by atoms with van der Waals surface area (Å²) in [6, 6.07) is 0. The molecule has 2 heterocycles. The van der Waals surface area contributed by atoms with Gasteiger partial charge in [-0.15, -0.1) is 0 Å². The average molecular weight is 269 g/mol. The molecule has 110 valence electrons. The fourth-order valence-electron chi connectivity index (χ4n) is 2.99. The number of hydrogen-bond donors (Lipinski definition) is 2. The second-order valence-electron chi connectivity index (χ2n) is 6.46. The lowest BCUT2D eigenvalue weighted by Crippen LogP contribution is -2.54. The summed E-state index contributed by atoms with van der Waals surface area (Å²) >= 11 is 0. The highest BCUT2D eigenvalue weighted by atomic mass is 16.3. The average Bonchev–Trinajstić information content (AvgIpc) is 2.38. The second kappa shape index (κ2) is 6.20. The van der Waals surface area contributed by atoms with Crippen molar-refractivity contribution < 1.29 is 9.90 Å². The van der Waals surface area contributed by atoms with Crippen LogP contribution in [0.15, 0.2) is 0 Å². The van der Waals surface area contributed by atoms with Gasteiger partial charge in [-0.25, -0.2) is 0 Å². The van der Waals surface area contributed by atoms with Gasteiger partial charge in [0.25, 0.3) is 0 Å². The molecule has 2 N–H and O–H groups in total. The van der Waals surface area contributed by atoms with E-state index in [0.29, 0.717) is 12.5 Å². The number of β-amino-alcohol motifs (C(OH)–C–C–N with tert-alkyl or cyclic N) is 1. The second-order valence-corrected chi connectivity index (χ2v) is 6.46. The number of aliphatic hydroxyl groups is 1. The largest absolute Gasteiger partial charge is 0.389 e. The number of carbonyl (C=O) groups is 1. The van der Waals surface area contributed by atoms with Crippen molar-refractivity contribution in [3.8, 4) is 0 Å². The monoisotopic (exact) mass is 269 g/mol. The van der Waals surface area contributed by atoms with Gasteiger partial charge >= 0.3 is 0 Å². The van der Waals surface area contributed by atoms with Gasteiger partial charge in [0.2, 0.25) is 5.91 Å². The van der Waals surface area contributed by atoms with Crippen LogP contribution >= 0.6 is 0 Å². The van der Waals surface area contributed by atoms with Crippen LogP contribution in [0.4, 0.5) is 0 Å². The van der Waals surface area contributed by atoms with Gasteiger partial charge in [-0.05, 0) is 33.2 Å². The molecular formula is C14H27N3O2. The molecule has 1 unspecified atom stereocenters. The molecule has 0 aromatic rings. The molecular weight excluding hydrogens is 242 g/mol. The predicted molar refractivity (Wildman–Crippen MR) is 74.9 cm³/mol. The van der Waals surface area contributed by atoms with Gasteiger partial charge in [0.15, 0.2) is 0 Å². The summed E-state index contributed by atoms with van der Waals surface area (Å²) in [5.41, 5.74) is -0.653. The first kappa shape index (κ1) is 14.8. The summed E-state index contributed by atoms with van der Waals surface area (Å²) in [4.78, 5) is 16.6. The van der Waals surface area contributed by atoms with Crippen LogP contribution in [0.5, 0.6) is 0 Å². The highest BCUT2D eigenvalue weighted by Gasteiger charge is 2.29. The molecule has 5 heteroatoms. The minimum atomic E-state index is -0.653. The van der Waals surface area contributed by atoms with E-state index in [4.69, 9.17) is 0 Å². The van der Waals surface area contributed by atoms with Crippen LogP contribution < -0.4 is 5.32 Å². The van der Waals surface area contributed by atoms with Crippen molar-refractivity contribution >= 4 is 5.91 Å². The molecule has 2 fully saturated rings. The van der Waals surface area contributed by atoms with E-state index in [1.165, 1.54) is 0 Å². The standard InChI is InChI=1S/C14H27N3O2/c1-14(2,19)11-16-6-8-17(9-7-16)13(18)12-4-3-5-15-10-12/h12,15,19H,3-11H2,1-2H3. The van der Waals surface area contributed by atoms with Crippen LogP contribution in [0, 0.1) is 5.92 Å². The van der Waals surface area contributed by atoms with Gasteiger partial charge in [-0.2, -0.15) is 0 Å². The molecule has 1 amide bonds. The fraction of sp³-hybridized carbons (Fsp3) is 0.929. The first-order chi connectivity index (χ1) is 8.96. The van der Waals surface area contributed by atoms with Gasteiger partial charge in [-0.3, -0.25) is 9.69 Å². The van der Waals surface area contributed by atoms with Crippen LogP contribution in [-0.2, 0) is 4.79 Å². The molecule has 19 heavy (non-hydrogen) atoms. The quantitative estimate of drug-likeness (QED) is 0.751. The molecule has 0 bridgehead atoms. The molecule has 0 saturated carbocycles. The molecule has 1 atom stereocenters. The van der Waals surface area contributed by atoms with E-state index < -0.39 is 5.60 Å². The first-order valence-corrected chi connectivity index (χ1v) is 7.40. The van der Waals surface area contributed by atoms with Crippen molar-refractivity contribution in [3.05, 3.63) is 0 Å². The summed E-state index contributed by atoms with van der Waals surface area (Å²) < 4.78 is 0. The normalized spacial score (nSPS) is 26.5. The number of nitrogens with zero attached hydrogens (tertiary/aromatic N) is 2. The Morgan fingerprint density at radius 1 is 1.32 bits per heavy atom. The number of piperidine rings is 1. The van der Waals surface area contributed by atoms with E-state index in [2.05, 4.69) is 10.2 Å². The lowest BCUT2D eigenvalue weighted by molar-refractivity contribution is -0.138. The van der Waals surface area contributed by atoms with Crippen molar-refractivity contribution in [1.82, 2.24) is 15.1 Å². The summed E-state index contributed by atoms with van der Waals surface area (Å²) in [7, 11) is 0. The maximum absolute atomic E-state index is 12.4. The van der Waals surface area contributed by atoms with E-state index in [1.54, 1.807) is 0 Å². The maximum atomic E-state index is 12.4. The van der Waals surface area contributed by atoms with Crippen molar-refractivity contribution in [3.63, 3.8) is 0 Å². The van der Waals surface area contributed by atoms with Gasteiger partial charge in [0, 0.05) is 39.3 Å². The number of nitrogens with one attached hydrogen (secondary N) is 1. The van der Waals surface area contributed by atoms with E-state index >= 15 is 0 Å². The zero-order chi connectivity index (χ0) is 13.9. The fourth-order valence-corrected chi connectivity index (χ4v) is 2.99.